The molecule has 3 rings (SSSR count). The van der Waals surface area contributed by atoms with E-state index in [4.69, 9.17) is 4.74 Å². The summed E-state index contributed by atoms with van der Waals surface area (Å²) in [7, 11) is 0. The van der Waals surface area contributed by atoms with Crippen molar-refractivity contribution in [2.24, 2.45) is 0 Å². The van der Waals surface area contributed by atoms with E-state index in [2.05, 4.69) is 15.3 Å². The van der Waals surface area contributed by atoms with Crippen LogP contribution in [0.25, 0.3) is 0 Å². The van der Waals surface area contributed by atoms with Crippen LogP contribution in [0.4, 0.5) is 0 Å². The molecule has 0 aliphatic carbocycles. The van der Waals surface area contributed by atoms with E-state index in [-0.39, 0.29) is 18.4 Å². The highest BCUT2D eigenvalue weighted by Crippen LogP contribution is 2.16. The Bertz CT molecular complexity index is 847. The molecule has 0 saturated heterocycles. The largest absolute Gasteiger partial charge is 0.485 e. The molecule has 0 aliphatic heterocycles. The van der Waals surface area contributed by atoms with Gasteiger partial charge in [0.15, 0.2) is 0 Å². The van der Waals surface area contributed by atoms with Crippen LogP contribution in [0.15, 0.2) is 54.0 Å². The molecule has 5 nitrogen and oxygen atoms in total. The lowest BCUT2D eigenvalue weighted by Gasteiger charge is -2.13. The van der Waals surface area contributed by atoms with E-state index in [0.29, 0.717) is 12.4 Å². The van der Waals surface area contributed by atoms with Gasteiger partial charge in [0.1, 0.15) is 17.4 Å². The van der Waals surface area contributed by atoms with Crippen LogP contribution in [-0.2, 0) is 17.8 Å². The zero-order chi connectivity index (χ0) is 18.4. The van der Waals surface area contributed by atoms with E-state index in [1.54, 1.807) is 6.20 Å². The number of ether oxygens (including phenoxy) is 1. The normalized spacial score (nSPS) is 11.8. The molecule has 1 unspecified atom stereocenters. The molecule has 1 aromatic carbocycles. The molecular formula is C20H21N3O2S. The zero-order valence-corrected chi connectivity index (χ0v) is 15.6. The molecule has 2 aromatic heterocycles. The number of nitrogens with zero attached hydrogens (tertiary/aromatic N) is 2. The van der Waals surface area contributed by atoms with Gasteiger partial charge in [0.25, 0.3) is 0 Å². The molecule has 134 valence electrons. The smallest absolute Gasteiger partial charge is 0.226 e. The lowest BCUT2D eigenvalue weighted by Crippen LogP contribution is -2.28. The van der Waals surface area contributed by atoms with Gasteiger partial charge in [-0.05, 0) is 31.5 Å². The Morgan fingerprint density at radius 3 is 2.77 bits per heavy atom. The first-order chi connectivity index (χ1) is 12.6. The summed E-state index contributed by atoms with van der Waals surface area (Å²) in [6.45, 7) is 4.28. The van der Waals surface area contributed by atoms with Gasteiger partial charge in [-0.15, -0.1) is 11.3 Å². The molecule has 0 bridgehead atoms. The van der Waals surface area contributed by atoms with Gasteiger partial charge in [-0.3, -0.25) is 9.78 Å². The molecule has 0 spiro atoms. The number of hydrogen-bond donors (Lipinski definition) is 1. The summed E-state index contributed by atoms with van der Waals surface area (Å²) >= 11 is 1.49. The fraction of sp³-hybridized carbons (Fsp3) is 0.250. The van der Waals surface area contributed by atoms with Crippen molar-refractivity contribution in [1.82, 2.24) is 15.3 Å². The summed E-state index contributed by atoms with van der Waals surface area (Å²) in [5.74, 6) is 0.670. The van der Waals surface area contributed by atoms with Crippen LogP contribution in [0.2, 0.25) is 0 Å². The Morgan fingerprint density at radius 2 is 2.04 bits per heavy atom. The van der Waals surface area contributed by atoms with E-state index in [9.17, 15) is 4.79 Å². The molecule has 2 heterocycles. The minimum atomic E-state index is -0.0399. The SMILES string of the molecule is Cc1ccc(OCc2nc(CC(=O)NC(C)c3ccccc3)cs2)cn1. The Kier molecular flexibility index (Phi) is 5.96. The number of carbonyl (C=O) groups excluding carboxylic acids is 1. The second kappa shape index (κ2) is 8.58. The van der Waals surface area contributed by atoms with Gasteiger partial charge in [0, 0.05) is 11.1 Å². The van der Waals surface area contributed by atoms with Crippen molar-refractivity contribution < 1.29 is 9.53 Å². The monoisotopic (exact) mass is 367 g/mol. The van der Waals surface area contributed by atoms with Crippen LogP contribution < -0.4 is 10.1 Å². The number of benzene rings is 1. The molecule has 1 atom stereocenters. The number of aromatic nitrogens is 2. The summed E-state index contributed by atoms with van der Waals surface area (Å²) in [6, 6.07) is 13.7. The van der Waals surface area contributed by atoms with Crippen molar-refractivity contribution in [3.05, 3.63) is 76.0 Å². The first-order valence-electron chi connectivity index (χ1n) is 8.43. The predicted molar refractivity (Wildman–Crippen MR) is 102 cm³/mol. The van der Waals surface area contributed by atoms with E-state index < -0.39 is 0 Å². The first kappa shape index (κ1) is 18.1. The minimum Gasteiger partial charge on any atom is -0.485 e. The lowest BCUT2D eigenvalue weighted by atomic mass is 10.1. The molecule has 1 amide bonds. The maximum Gasteiger partial charge on any atom is 0.226 e. The lowest BCUT2D eigenvalue weighted by molar-refractivity contribution is -0.121. The third-order valence-corrected chi connectivity index (χ3v) is 4.74. The Morgan fingerprint density at radius 1 is 1.23 bits per heavy atom. The second-order valence-electron chi connectivity index (χ2n) is 6.03. The van der Waals surface area contributed by atoms with Crippen molar-refractivity contribution >= 4 is 17.2 Å². The summed E-state index contributed by atoms with van der Waals surface area (Å²) in [6.07, 6.45) is 1.96. The Hall–Kier alpha value is -2.73. The van der Waals surface area contributed by atoms with Crippen LogP contribution in [0.1, 0.15) is 34.9 Å². The Labute approximate surface area is 157 Å². The Balaban J connectivity index is 1.49. The number of amides is 1. The maximum absolute atomic E-state index is 12.2. The fourth-order valence-electron chi connectivity index (χ4n) is 2.46. The molecular weight excluding hydrogens is 346 g/mol. The molecule has 0 aliphatic rings. The van der Waals surface area contributed by atoms with Crippen molar-refractivity contribution in [3.63, 3.8) is 0 Å². The van der Waals surface area contributed by atoms with Crippen molar-refractivity contribution in [3.8, 4) is 5.75 Å². The van der Waals surface area contributed by atoms with Crippen LogP contribution in [0.3, 0.4) is 0 Å². The number of nitrogens with one attached hydrogen (secondary N) is 1. The average molecular weight is 367 g/mol. The number of aryl methyl sites for hydroxylation is 1. The van der Waals surface area contributed by atoms with Crippen LogP contribution in [-0.4, -0.2) is 15.9 Å². The topological polar surface area (TPSA) is 64.1 Å². The number of hydrogen-bond acceptors (Lipinski definition) is 5. The van der Waals surface area contributed by atoms with Crippen LogP contribution in [0.5, 0.6) is 5.75 Å². The number of pyridine rings is 1. The van der Waals surface area contributed by atoms with Gasteiger partial charge in [-0.1, -0.05) is 30.3 Å². The van der Waals surface area contributed by atoms with Gasteiger partial charge in [0.05, 0.1) is 24.4 Å². The highest BCUT2D eigenvalue weighted by molar-refractivity contribution is 7.09. The van der Waals surface area contributed by atoms with E-state index >= 15 is 0 Å². The van der Waals surface area contributed by atoms with Gasteiger partial charge in [-0.2, -0.15) is 0 Å². The number of carbonyl (C=O) groups is 1. The molecule has 0 saturated carbocycles. The van der Waals surface area contributed by atoms with E-state index in [1.807, 2.05) is 61.7 Å². The van der Waals surface area contributed by atoms with Crippen molar-refractivity contribution in [2.75, 3.05) is 0 Å². The molecule has 6 heteroatoms. The quantitative estimate of drug-likeness (QED) is 0.689. The highest BCUT2D eigenvalue weighted by atomic mass is 32.1. The standard InChI is InChI=1S/C20H21N3O2S/c1-14-8-9-18(11-21-14)25-12-20-23-17(13-26-20)10-19(24)22-15(2)16-6-4-3-5-7-16/h3-9,11,13,15H,10,12H2,1-2H3,(H,22,24). The zero-order valence-electron chi connectivity index (χ0n) is 14.8. The summed E-state index contributed by atoms with van der Waals surface area (Å²) in [5.41, 5.74) is 2.79. The number of thiazole rings is 1. The van der Waals surface area contributed by atoms with Crippen LogP contribution in [0, 0.1) is 6.92 Å². The van der Waals surface area contributed by atoms with Gasteiger partial charge in [-0.25, -0.2) is 4.98 Å². The van der Waals surface area contributed by atoms with E-state index in [0.717, 1.165) is 22.0 Å². The third kappa shape index (κ3) is 5.13. The second-order valence-corrected chi connectivity index (χ2v) is 6.98. The molecule has 1 N–H and O–H groups in total. The van der Waals surface area contributed by atoms with Gasteiger partial charge in [0.2, 0.25) is 5.91 Å². The third-order valence-electron chi connectivity index (χ3n) is 3.86. The highest BCUT2D eigenvalue weighted by Gasteiger charge is 2.12. The summed E-state index contributed by atoms with van der Waals surface area (Å²) in [4.78, 5) is 20.9. The van der Waals surface area contributed by atoms with Crippen molar-refractivity contribution in [2.45, 2.75) is 32.9 Å². The van der Waals surface area contributed by atoms with Gasteiger partial charge < -0.3 is 10.1 Å². The summed E-state index contributed by atoms with van der Waals surface area (Å²) in [5, 5.41) is 5.74. The maximum atomic E-state index is 12.2. The molecule has 0 fully saturated rings. The van der Waals surface area contributed by atoms with Gasteiger partial charge >= 0.3 is 0 Å². The molecule has 26 heavy (non-hydrogen) atoms. The average Bonchev–Trinajstić information content (AvgIpc) is 3.09. The fourth-order valence-corrected chi connectivity index (χ4v) is 3.17. The first-order valence-corrected chi connectivity index (χ1v) is 9.31. The summed E-state index contributed by atoms with van der Waals surface area (Å²) < 4.78 is 5.67. The van der Waals surface area contributed by atoms with E-state index in [1.165, 1.54) is 11.3 Å². The van der Waals surface area contributed by atoms with Crippen LogP contribution >= 0.6 is 11.3 Å². The molecule has 3 aromatic rings. The minimum absolute atomic E-state index is 0.0285. The predicted octanol–water partition coefficient (Wildman–Crippen LogP) is 3.85. The molecule has 0 radical (unpaired) electrons. The number of rotatable bonds is 7. The van der Waals surface area contributed by atoms with Crippen molar-refractivity contribution in [1.29, 1.82) is 0 Å².